The Bertz CT molecular complexity index is 443. The molecule has 0 aliphatic rings. The second-order valence-corrected chi connectivity index (χ2v) is 4.63. The lowest BCUT2D eigenvalue weighted by Gasteiger charge is -2.24. The normalized spacial score (nSPS) is 15.2. The minimum Gasteiger partial charge on any atom is -0.384 e. The summed E-state index contributed by atoms with van der Waals surface area (Å²) in [7, 11) is 0. The average molecular weight is 266 g/mol. The fourth-order valence-corrected chi connectivity index (χ4v) is 1.48. The zero-order chi connectivity index (χ0) is 14.5. The summed E-state index contributed by atoms with van der Waals surface area (Å²) in [5.74, 6) is -0.370. The van der Waals surface area contributed by atoms with Crippen LogP contribution < -0.4 is 10.6 Å². The van der Waals surface area contributed by atoms with Gasteiger partial charge < -0.3 is 15.7 Å². The number of nitrogens with one attached hydrogen (secondary N) is 2. The van der Waals surface area contributed by atoms with E-state index in [-0.39, 0.29) is 18.4 Å². The Morgan fingerprint density at radius 1 is 1.53 bits per heavy atom. The van der Waals surface area contributed by atoms with Gasteiger partial charge in [-0.2, -0.15) is 0 Å². The van der Waals surface area contributed by atoms with Crippen molar-refractivity contribution in [2.24, 2.45) is 0 Å². The molecule has 0 bridgehead atoms. The van der Waals surface area contributed by atoms with Crippen molar-refractivity contribution in [3.63, 3.8) is 0 Å². The van der Waals surface area contributed by atoms with Crippen LogP contribution >= 0.6 is 0 Å². The Balaban J connectivity index is 2.57. The Kier molecular flexibility index (Phi) is 5.06. The van der Waals surface area contributed by atoms with E-state index in [1.54, 1.807) is 19.9 Å². The molecule has 0 aliphatic carbocycles. The summed E-state index contributed by atoms with van der Waals surface area (Å²) in [6.07, 6.45) is 1.59. The van der Waals surface area contributed by atoms with Gasteiger partial charge in [0.15, 0.2) is 0 Å². The number of halogens is 1. The summed E-state index contributed by atoms with van der Waals surface area (Å²) in [4.78, 5) is 11.5. The van der Waals surface area contributed by atoms with E-state index >= 15 is 0 Å². The van der Waals surface area contributed by atoms with Crippen molar-refractivity contribution in [1.29, 1.82) is 0 Å². The molecule has 5 heteroatoms. The zero-order valence-corrected chi connectivity index (χ0v) is 11.1. The number of amides is 2. The van der Waals surface area contributed by atoms with E-state index in [4.69, 9.17) is 0 Å². The van der Waals surface area contributed by atoms with Crippen LogP contribution in [-0.2, 0) is 5.60 Å². The van der Waals surface area contributed by atoms with Gasteiger partial charge in [0.2, 0.25) is 0 Å². The molecule has 0 radical (unpaired) electrons. The molecule has 0 unspecified atom stereocenters. The topological polar surface area (TPSA) is 61.4 Å². The SMILES string of the molecule is C=C[C@@H](C)NC(=O)NC[C@](C)(O)c1ccc(F)cc1. The smallest absolute Gasteiger partial charge is 0.315 e. The minimum atomic E-state index is -1.26. The van der Waals surface area contributed by atoms with E-state index in [9.17, 15) is 14.3 Å². The first-order valence-electron chi connectivity index (χ1n) is 6.00. The Hall–Kier alpha value is -1.88. The maximum absolute atomic E-state index is 12.8. The highest BCUT2D eigenvalue weighted by Crippen LogP contribution is 2.19. The molecule has 0 aliphatic heterocycles. The van der Waals surface area contributed by atoms with Gasteiger partial charge in [-0.3, -0.25) is 0 Å². The molecule has 2 atom stereocenters. The third kappa shape index (κ3) is 4.71. The third-order valence-corrected chi connectivity index (χ3v) is 2.77. The highest BCUT2D eigenvalue weighted by molar-refractivity contribution is 5.74. The molecular formula is C14H19FN2O2. The van der Waals surface area contributed by atoms with Crippen molar-refractivity contribution in [2.75, 3.05) is 6.54 Å². The van der Waals surface area contributed by atoms with Crippen LogP contribution in [0.4, 0.5) is 9.18 Å². The zero-order valence-electron chi connectivity index (χ0n) is 11.1. The van der Waals surface area contributed by atoms with Gasteiger partial charge in [-0.25, -0.2) is 9.18 Å². The van der Waals surface area contributed by atoms with Gasteiger partial charge >= 0.3 is 6.03 Å². The number of urea groups is 1. The fraction of sp³-hybridized carbons (Fsp3) is 0.357. The molecule has 3 N–H and O–H groups in total. The first-order valence-corrected chi connectivity index (χ1v) is 6.00. The average Bonchev–Trinajstić information content (AvgIpc) is 2.37. The highest BCUT2D eigenvalue weighted by Gasteiger charge is 2.23. The van der Waals surface area contributed by atoms with E-state index < -0.39 is 11.6 Å². The number of rotatable bonds is 5. The summed E-state index contributed by atoms with van der Waals surface area (Å²) >= 11 is 0. The molecule has 0 saturated carbocycles. The predicted octanol–water partition coefficient (Wildman–Crippen LogP) is 1.91. The van der Waals surface area contributed by atoms with E-state index in [0.717, 1.165) is 0 Å². The van der Waals surface area contributed by atoms with Crippen molar-refractivity contribution < 1.29 is 14.3 Å². The van der Waals surface area contributed by atoms with Crippen molar-refractivity contribution in [3.8, 4) is 0 Å². The lowest BCUT2D eigenvalue weighted by molar-refractivity contribution is 0.0593. The molecule has 1 aromatic rings. The number of aliphatic hydroxyl groups is 1. The number of carbonyl (C=O) groups is 1. The first-order chi connectivity index (χ1) is 8.85. The molecular weight excluding hydrogens is 247 g/mol. The quantitative estimate of drug-likeness (QED) is 0.713. The van der Waals surface area contributed by atoms with Gasteiger partial charge in [0, 0.05) is 6.04 Å². The lowest BCUT2D eigenvalue weighted by atomic mass is 9.96. The van der Waals surface area contributed by atoms with Crippen LogP contribution in [0.25, 0.3) is 0 Å². The van der Waals surface area contributed by atoms with Crippen molar-refractivity contribution >= 4 is 6.03 Å². The minimum absolute atomic E-state index is 0.0222. The molecule has 1 rings (SSSR count). The number of hydrogen-bond acceptors (Lipinski definition) is 2. The molecule has 0 saturated heterocycles. The van der Waals surface area contributed by atoms with Crippen LogP contribution in [0.3, 0.4) is 0 Å². The van der Waals surface area contributed by atoms with Gasteiger partial charge in [0.25, 0.3) is 0 Å². The number of benzene rings is 1. The third-order valence-electron chi connectivity index (χ3n) is 2.77. The van der Waals surface area contributed by atoms with Crippen LogP contribution in [0.1, 0.15) is 19.4 Å². The van der Waals surface area contributed by atoms with Crippen LogP contribution in [0.5, 0.6) is 0 Å². The monoisotopic (exact) mass is 266 g/mol. The molecule has 0 fully saturated rings. The second kappa shape index (κ2) is 6.33. The maximum Gasteiger partial charge on any atom is 0.315 e. The predicted molar refractivity (Wildman–Crippen MR) is 72.2 cm³/mol. The van der Waals surface area contributed by atoms with Crippen LogP contribution in [-0.4, -0.2) is 23.7 Å². The Labute approximate surface area is 112 Å². The van der Waals surface area contributed by atoms with Crippen molar-refractivity contribution in [2.45, 2.75) is 25.5 Å². The first kappa shape index (κ1) is 15.2. The standard InChI is InChI=1S/C14H19FN2O2/c1-4-10(2)17-13(18)16-9-14(3,19)11-5-7-12(15)8-6-11/h4-8,10,19H,1,9H2,2-3H3,(H2,16,17,18)/t10-,14+/m1/s1. The van der Waals surface area contributed by atoms with Gasteiger partial charge in [0.1, 0.15) is 11.4 Å². The fourth-order valence-electron chi connectivity index (χ4n) is 1.48. The lowest BCUT2D eigenvalue weighted by Crippen LogP contribution is -2.45. The Morgan fingerprint density at radius 3 is 2.63 bits per heavy atom. The van der Waals surface area contributed by atoms with Crippen molar-refractivity contribution in [3.05, 3.63) is 48.3 Å². The summed E-state index contributed by atoms with van der Waals surface area (Å²) < 4.78 is 12.8. The molecule has 0 aromatic heterocycles. The van der Waals surface area contributed by atoms with Crippen LogP contribution in [0.2, 0.25) is 0 Å². The van der Waals surface area contributed by atoms with E-state index in [1.807, 2.05) is 0 Å². The van der Waals surface area contributed by atoms with Gasteiger partial charge in [0.05, 0.1) is 6.54 Å². The molecule has 2 amide bonds. The molecule has 0 heterocycles. The summed E-state index contributed by atoms with van der Waals surface area (Å²) in [6, 6.07) is 4.96. The number of hydrogen-bond donors (Lipinski definition) is 3. The molecule has 104 valence electrons. The van der Waals surface area contributed by atoms with Gasteiger partial charge in [-0.15, -0.1) is 6.58 Å². The number of carbonyl (C=O) groups excluding carboxylic acids is 1. The van der Waals surface area contributed by atoms with Gasteiger partial charge in [-0.05, 0) is 31.5 Å². The van der Waals surface area contributed by atoms with Crippen LogP contribution in [0, 0.1) is 5.82 Å². The largest absolute Gasteiger partial charge is 0.384 e. The molecule has 1 aromatic carbocycles. The van der Waals surface area contributed by atoms with Gasteiger partial charge in [-0.1, -0.05) is 18.2 Å². The summed E-state index contributed by atoms with van der Waals surface area (Å²) in [5, 5.41) is 15.4. The van der Waals surface area contributed by atoms with E-state index in [1.165, 1.54) is 24.3 Å². The van der Waals surface area contributed by atoms with Crippen LogP contribution in [0.15, 0.2) is 36.9 Å². The van der Waals surface area contributed by atoms with Crippen molar-refractivity contribution in [1.82, 2.24) is 10.6 Å². The molecule has 0 spiro atoms. The maximum atomic E-state index is 12.8. The molecule has 4 nitrogen and oxygen atoms in total. The second-order valence-electron chi connectivity index (χ2n) is 4.63. The highest BCUT2D eigenvalue weighted by atomic mass is 19.1. The van der Waals surface area contributed by atoms with E-state index in [0.29, 0.717) is 5.56 Å². The molecule has 19 heavy (non-hydrogen) atoms. The Morgan fingerprint density at radius 2 is 2.11 bits per heavy atom. The van der Waals surface area contributed by atoms with E-state index in [2.05, 4.69) is 17.2 Å². The summed E-state index contributed by atoms with van der Waals surface area (Å²) in [6.45, 7) is 6.91. The summed E-state index contributed by atoms with van der Waals surface area (Å²) in [5.41, 5.74) is -0.728.